The fourth-order valence-electron chi connectivity index (χ4n) is 3.46. The van der Waals surface area contributed by atoms with Gasteiger partial charge in [-0.1, -0.05) is 29.3 Å². The fraction of sp³-hybridized carbons (Fsp3) is 0.182. The molecule has 2 aromatic heterocycles. The Balaban J connectivity index is 1.82. The summed E-state index contributed by atoms with van der Waals surface area (Å²) in [6.07, 6.45) is 8.42. The first-order chi connectivity index (χ1) is 13.2. The molecule has 27 heavy (non-hydrogen) atoms. The van der Waals surface area contributed by atoms with Crippen LogP contribution in [0.4, 0.5) is 0 Å². The van der Waals surface area contributed by atoms with E-state index in [4.69, 9.17) is 28.2 Å². The van der Waals surface area contributed by atoms with Gasteiger partial charge < -0.3 is 4.98 Å². The first kappa shape index (κ1) is 18.0. The quantitative estimate of drug-likeness (QED) is 0.578. The highest BCUT2D eigenvalue weighted by molar-refractivity contribution is 6.42. The van der Waals surface area contributed by atoms with E-state index in [1.54, 1.807) is 6.20 Å². The number of aromatic amines is 1. The van der Waals surface area contributed by atoms with Crippen LogP contribution in [0.15, 0.2) is 71.6 Å². The number of nitrogens with one attached hydrogen (secondary N) is 1. The van der Waals surface area contributed by atoms with Crippen molar-refractivity contribution in [1.82, 2.24) is 9.97 Å². The number of hydrogen-bond acceptors (Lipinski definition) is 2. The Bertz CT molecular complexity index is 990. The van der Waals surface area contributed by atoms with Crippen LogP contribution in [-0.4, -0.2) is 22.2 Å². The Morgan fingerprint density at radius 3 is 2.74 bits per heavy atom. The van der Waals surface area contributed by atoms with Crippen molar-refractivity contribution in [3.05, 3.63) is 93.5 Å². The van der Waals surface area contributed by atoms with E-state index >= 15 is 0 Å². The van der Waals surface area contributed by atoms with Crippen molar-refractivity contribution < 1.29 is 0 Å². The number of halogens is 2. The van der Waals surface area contributed by atoms with Gasteiger partial charge in [-0.05, 0) is 72.4 Å². The maximum Gasteiger partial charge on any atom is 0.0697 e. The second-order valence-electron chi connectivity index (χ2n) is 6.54. The van der Waals surface area contributed by atoms with E-state index < -0.39 is 0 Å². The molecule has 1 aliphatic rings. The highest BCUT2D eigenvalue weighted by Gasteiger charge is 2.20. The van der Waals surface area contributed by atoms with Crippen molar-refractivity contribution in [2.45, 2.75) is 19.3 Å². The zero-order valence-corrected chi connectivity index (χ0v) is 16.3. The molecule has 1 aromatic carbocycles. The SMILES string of the molecule is Clc1ccc(CC(=C2CCCN=C2c2cccnc2)c2ccc[nH]2)cc1Cl. The molecular formula is C22H19Cl2N3. The molecule has 3 aromatic rings. The first-order valence-electron chi connectivity index (χ1n) is 8.97. The topological polar surface area (TPSA) is 41.0 Å². The molecule has 136 valence electrons. The largest absolute Gasteiger partial charge is 0.361 e. The van der Waals surface area contributed by atoms with Crippen LogP contribution in [0.25, 0.3) is 5.57 Å². The summed E-state index contributed by atoms with van der Waals surface area (Å²) in [6.45, 7) is 0.846. The molecule has 0 aliphatic carbocycles. The molecule has 4 rings (SSSR count). The predicted molar refractivity (Wildman–Crippen MR) is 113 cm³/mol. The second-order valence-corrected chi connectivity index (χ2v) is 7.36. The van der Waals surface area contributed by atoms with Crippen LogP contribution in [0.2, 0.25) is 10.0 Å². The van der Waals surface area contributed by atoms with E-state index in [2.05, 4.69) is 22.1 Å². The van der Waals surface area contributed by atoms with E-state index in [-0.39, 0.29) is 0 Å². The van der Waals surface area contributed by atoms with Crippen molar-refractivity contribution in [3.63, 3.8) is 0 Å². The summed E-state index contributed by atoms with van der Waals surface area (Å²) in [5.74, 6) is 0. The number of allylic oxidation sites excluding steroid dienone is 2. The number of hydrogen-bond donors (Lipinski definition) is 1. The van der Waals surface area contributed by atoms with Gasteiger partial charge in [0.2, 0.25) is 0 Å². The van der Waals surface area contributed by atoms with Gasteiger partial charge in [0.1, 0.15) is 0 Å². The zero-order chi connectivity index (χ0) is 18.6. The van der Waals surface area contributed by atoms with E-state index in [0.717, 1.165) is 48.3 Å². The maximum absolute atomic E-state index is 6.24. The summed E-state index contributed by atoms with van der Waals surface area (Å²) < 4.78 is 0. The minimum absolute atomic E-state index is 0.574. The van der Waals surface area contributed by atoms with Gasteiger partial charge in [-0.3, -0.25) is 9.98 Å². The van der Waals surface area contributed by atoms with Gasteiger partial charge in [-0.2, -0.15) is 0 Å². The summed E-state index contributed by atoms with van der Waals surface area (Å²) in [7, 11) is 0. The lowest BCUT2D eigenvalue weighted by Crippen LogP contribution is -2.15. The lowest BCUT2D eigenvalue weighted by molar-refractivity contribution is 0.814. The number of rotatable bonds is 4. The van der Waals surface area contributed by atoms with Gasteiger partial charge in [0.25, 0.3) is 0 Å². The average Bonchev–Trinajstić information content (AvgIpc) is 3.24. The minimum Gasteiger partial charge on any atom is -0.361 e. The number of aliphatic imine (C=N–C) groups is 1. The monoisotopic (exact) mass is 395 g/mol. The van der Waals surface area contributed by atoms with Crippen LogP contribution in [-0.2, 0) is 6.42 Å². The van der Waals surface area contributed by atoms with Gasteiger partial charge in [-0.25, -0.2) is 0 Å². The molecular weight excluding hydrogens is 377 g/mol. The highest BCUT2D eigenvalue weighted by atomic mass is 35.5. The zero-order valence-electron chi connectivity index (χ0n) is 14.8. The molecule has 0 bridgehead atoms. The van der Waals surface area contributed by atoms with Crippen molar-refractivity contribution in [2.24, 2.45) is 4.99 Å². The van der Waals surface area contributed by atoms with Crippen LogP contribution < -0.4 is 0 Å². The molecule has 3 nitrogen and oxygen atoms in total. The van der Waals surface area contributed by atoms with E-state index in [1.165, 1.54) is 11.1 Å². The molecule has 1 N–H and O–H groups in total. The Morgan fingerprint density at radius 1 is 1.07 bits per heavy atom. The van der Waals surface area contributed by atoms with Gasteiger partial charge >= 0.3 is 0 Å². The fourth-order valence-corrected chi connectivity index (χ4v) is 3.78. The number of pyridine rings is 1. The molecule has 3 heterocycles. The molecule has 0 saturated heterocycles. The molecule has 5 heteroatoms. The van der Waals surface area contributed by atoms with Crippen molar-refractivity contribution in [3.8, 4) is 0 Å². The highest BCUT2D eigenvalue weighted by Crippen LogP contribution is 2.32. The number of H-pyrrole nitrogens is 1. The predicted octanol–water partition coefficient (Wildman–Crippen LogP) is 6.00. The Morgan fingerprint density at radius 2 is 2.00 bits per heavy atom. The normalized spacial score (nSPS) is 16.1. The standard InChI is InChI=1S/C22H19Cl2N3/c23-19-8-7-15(13-20(19)24)12-18(21-6-3-10-26-21)17-5-2-11-27-22(17)16-4-1-9-25-14-16/h1,3-4,6-10,13-14,26H,2,5,11-12H2. The third-order valence-corrected chi connectivity index (χ3v) is 5.47. The van der Waals surface area contributed by atoms with Crippen LogP contribution in [0.1, 0.15) is 29.7 Å². The number of nitrogens with zero attached hydrogens (tertiary/aromatic N) is 2. The maximum atomic E-state index is 6.24. The van der Waals surface area contributed by atoms with Crippen molar-refractivity contribution in [2.75, 3.05) is 6.54 Å². The lowest BCUT2D eigenvalue weighted by atomic mass is 9.88. The third-order valence-electron chi connectivity index (χ3n) is 4.73. The average molecular weight is 396 g/mol. The number of aromatic nitrogens is 2. The molecule has 1 aliphatic heterocycles. The van der Waals surface area contributed by atoms with Gasteiger partial charge in [0, 0.05) is 36.4 Å². The Kier molecular flexibility index (Phi) is 5.42. The van der Waals surface area contributed by atoms with Crippen LogP contribution >= 0.6 is 23.2 Å². The van der Waals surface area contributed by atoms with E-state index in [9.17, 15) is 0 Å². The van der Waals surface area contributed by atoms with Crippen molar-refractivity contribution in [1.29, 1.82) is 0 Å². The molecule has 0 radical (unpaired) electrons. The summed E-state index contributed by atoms with van der Waals surface area (Å²) in [5, 5.41) is 1.15. The molecule has 0 atom stereocenters. The molecule has 0 amide bonds. The first-order valence-corrected chi connectivity index (χ1v) is 9.73. The van der Waals surface area contributed by atoms with Gasteiger partial charge in [0.05, 0.1) is 15.8 Å². The van der Waals surface area contributed by atoms with E-state index in [1.807, 2.05) is 42.7 Å². The Hall–Kier alpha value is -2.36. The molecule has 0 unspecified atom stereocenters. The summed E-state index contributed by atoms with van der Waals surface area (Å²) in [4.78, 5) is 12.5. The molecule has 0 spiro atoms. The third kappa shape index (κ3) is 4.00. The lowest BCUT2D eigenvalue weighted by Gasteiger charge is -2.21. The van der Waals surface area contributed by atoms with Crippen LogP contribution in [0.5, 0.6) is 0 Å². The molecule has 0 fully saturated rings. The minimum atomic E-state index is 0.574. The summed E-state index contributed by atoms with van der Waals surface area (Å²) >= 11 is 12.3. The second kappa shape index (κ2) is 8.12. The molecule has 0 saturated carbocycles. The van der Waals surface area contributed by atoms with Crippen LogP contribution in [0, 0.1) is 0 Å². The van der Waals surface area contributed by atoms with Gasteiger partial charge in [0.15, 0.2) is 0 Å². The Labute approximate surface area is 168 Å². The van der Waals surface area contributed by atoms with E-state index in [0.29, 0.717) is 10.0 Å². The summed E-state index contributed by atoms with van der Waals surface area (Å²) in [5.41, 5.74) is 6.83. The number of benzene rings is 1. The summed E-state index contributed by atoms with van der Waals surface area (Å²) in [6, 6.07) is 14.0. The van der Waals surface area contributed by atoms with Gasteiger partial charge in [-0.15, -0.1) is 0 Å². The van der Waals surface area contributed by atoms with Crippen LogP contribution in [0.3, 0.4) is 0 Å². The smallest absolute Gasteiger partial charge is 0.0697 e. The van der Waals surface area contributed by atoms with Crippen molar-refractivity contribution >= 4 is 34.5 Å².